The van der Waals surface area contributed by atoms with E-state index in [9.17, 15) is 10.2 Å². The number of rotatable bonds is 17. The van der Waals surface area contributed by atoms with Crippen molar-refractivity contribution in [2.75, 3.05) is 0 Å². The zero-order chi connectivity index (χ0) is 35.5. The van der Waals surface area contributed by atoms with Gasteiger partial charge in [0.25, 0.3) is 0 Å². The minimum absolute atomic E-state index is 0. The first-order valence-corrected chi connectivity index (χ1v) is 18.7. The molecule has 270 valence electrons. The number of aliphatic imine (C=N–C) groups is 2. The molecule has 0 atom stereocenters. The second-order valence-corrected chi connectivity index (χ2v) is 12.6. The second kappa shape index (κ2) is 28.0. The van der Waals surface area contributed by atoms with Crippen molar-refractivity contribution in [3.63, 3.8) is 0 Å². The summed E-state index contributed by atoms with van der Waals surface area (Å²) in [7, 11) is 0. The number of unbranched alkanes of at least 4 members (excludes halogenated alkanes) is 10. The predicted octanol–water partition coefficient (Wildman–Crippen LogP) is 11.7. The Morgan fingerprint density at radius 3 is 1.40 bits per heavy atom. The van der Waals surface area contributed by atoms with Gasteiger partial charge in [-0.05, 0) is 94.0 Å². The van der Waals surface area contributed by atoms with Crippen LogP contribution in [0.25, 0.3) is 0 Å². The van der Waals surface area contributed by atoms with Gasteiger partial charge in [0.05, 0.1) is 22.8 Å². The standard InChI is InChI=1S/C38H52N2.C7H8O2.Ni/c1-5-9-13-16-17-20-24-38(40-36-31-27-34(28-32-36)22-19-15-11-7-3)37(23-12-8-4)39-35-29-25-33(26-30-35)21-18-14-10-6-2;1-5-2-3-6(8)7(9)4-5;/h25-32H,5-17,20,23-24H2,1-4H3;2-4,8-9H,1H3;/q;;+2/p-2. The molecule has 0 spiro atoms. The summed E-state index contributed by atoms with van der Waals surface area (Å²) in [6, 6.07) is 21.1. The van der Waals surface area contributed by atoms with Gasteiger partial charge < -0.3 is 10.2 Å². The molecule has 3 aromatic carbocycles. The van der Waals surface area contributed by atoms with Gasteiger partial charge in [-0.2, -0.15) is 0 Å². The molecule has 3 rings (SSSR count). The van der Waals surface area contributed by atoms with E-state index in [1.807, 2.05) is 0 Å². The minimum Gasteiger partial charge on any atom is -0.873 e. The zero-order valence-corrected chi connectivity index (χ0v) is 32.2. The van der Waals surface area contributed by atoms with E-state index in [4.69, 9.17) is 9.98 Å². The van der Waals surface area contributed by atoms with E-state index < -0.39 is 11.5 Å². The van der Waals surface area contributed by atoms with Crippen LogP contribution in [0.4, 0.5) is 11.4 Å². The largest absolute Gasteiger partial charge is 2.00 e. The molecule has 5 heteroatoms. The van der Waals surface area contributed by atoms with Crippen LogP contribution < -0.4 is 10.2 Å². The molecule has 0 heterocycles. The third-order valence-corrected chi connectivity index (χ3v) is 8.01. The van der Waals surface area contributed by atoms with Crippen LogP contribution in [0.1, 0.15) is 147 Å². The summed E-state index contributed by atoms with van der Waals surface area (Å²) in [5.41, 5.74) is 7.18. The van der Waals surface area contributed by atoms with Crippen molar-refractivity contribution in [2.45, 2.75) is 137 Å². The molecule has 0 saturated heterocycles. The molecule has 0 aliphatic carbocycles. The van der Waals surface area contributed by atoms with E-state index >= 15 is 0 Å². The molecule has 0 unspecified atom stereocenters. The van der Waals surface area contributed by atoms with Gasteiger partial charge in [0.1, 0.15) is 0 Å². The Hall–Kier alpha value is -3.79. The molecule has 0 aliphatic rings. The third kappa shape index (κ3) is 19.4. The predicted molar refractivity (Wildman–Crippen MR) is 207 cm³/mol. The minimum atomic E-state index is -0.430. The quantitative estimate of drug-likeness (QED) is 0.0604. The van der Waals surface area contributed by atoms with Gasteiger partial charge >= 0.3 is 16.5 Å². The zero-order valence-electron chi connectivity index (χ0n) is 31.2. The maximum atomic E-state index is 10.5. The van der Waals surface area contributed by atoms with E-state index in [1.54, 1.807) is 13.0 Å². The Morgan fingerprint density at radius 1 is 0.520 bits per heavy atom. The maximum absolute atomic E-state index is 10.5. The summed E-state index contributed by atoms with van der Waals surface area (Å²) in [5, 5.41) is 21.0. The van der Waals surface area contributed by atoms with Gasteiger partial charge in [0.2, 0.25) is 0 Å². The Kier molecular flexibility index (Phi) is 24.7. The van der Waals surface area contributed by atoms with Crippen molar-refractivity contribution in [1.29, 1.82) is 0 Å². The van der Waals surface area contributed by atoms with Crippen LogP contribution in [0.2, 0.25) is 0 Å². The van der Waals surface area contributed by atoms with Gasteiger partial charge in [0.15, 0.2) is 0 Å². The first-order valence-electron chi connectivity index (χ1n) is 18.7. The van der Waals surface area contributed by atoms with Crippen molar-refractivity contribution in [3.8, 4) is 35.2 Å². The number of benzene rings is 3. The Bertz CT molecular complexity index is 1530. The average molecular weight is 718 g/mol. The SMILES string of the molecule is CCCCC#Cc1ccc(N=C(CCCC)C(CCCCCCCC)=Nc2ccc(C#CCCCC)cc2)cc1.Cc1ccc([O-])c([O-])c1.[Ni+2]. The Labute approximate surface area is 314 Å². The molecule has 0 aliphatic heterocycles. The van der Waals surface area contributed by atoms with Crippen LogP contribution in [0.15, 0.2) is 76.7 Å². The summed E-state index contributed by atoms with van der Waals surface area (Å²) >= 11 is 0. The first kappa shape index (κ1) is 44.2. The molecule has 0 bridgehead atoms. The van der Waals surface area contributed by atoms with Crippen molar-refractivity contribution in [2.24, 2.45) is 9.98 Å². The van der Waals surface area contributed by atoms with Gasteiger partial charge in [-0.25, -0.2) is 0 Å². The number of nitrogens with zero attached hydrogens (tertiary/aromatic N) is 2. The normalized spacial score (nSPS) is 10.9. The molecule has 4 nitrogen and oxygen atoms in total. The summed E-state index contributed by atoms with van der Waals surface area (Å²) in [4.78, 5) is 10.3. The fourth-order valence-electron chi connectivity index (χ4n) is 4.97. The number of aryl methyl sites for hydroxylation is 1. The van der Waals surface area contributed by atoms with Crippen molar-refractivity contribution in [1.82, 2.24) is 0 Å². The van der Waals surface area contributed by atoms with E-state index in [-0.39, 0.29) is 16.5 Å². The second-order valence-electron chi connectivity index (χ2n) is 12.6. The molecule has 0 fully saturated rings. The topological polar surface area (TPSA) is 70.8 Å². The molecule has 0 N–H and O–H groups in total. The van der Waals surface area contributed by atoms with Gasteiger partial charge in [-0.3, -0.25) is 9.98 Å². The molecule has 50 heavy (non-hydrogen) atoms. The van der Waals surface area contributed by atoms with E-state index in [2.05, 4.69) is 99.9 Å². The first-order chi connectivity index (χ1) is 23.9. The molecule has 0 saturated carbocycles. The molecule has 3 aromatic rings. The molecule has 0 amide bonds. The molecular formula is C45H58N2NiO2. The van der Waals surface area contributed by atoms with Crippen LogP contribution in [0, 0.1) is 30.6 Å². The molecular weight excluding hydrogens is 659 g/mol. The van der Waals surface area contributed by atoms with Gasteiger partial charge in [-0.1, -0.05) is 127 Å². The van der Waals surface area contributed by atoms with Gasteiger partial charge in [-0.15, -0.1) is 11.5 Å². The van der Waals surface area contributed by atoms with E-state index in [0.717, 1.165) is 97.3 Å². The van der Waals surface area contributed by atoms with E-state index in [0.29, 0.717) is 0 Å². The summed E-state index contributed by atoms with van der Waals surface area (Å²) in [5.74, 6) is 12.3. The van der Waals surface area contributed by atoms with Crippen molar-refractivity contribution >= 4 is 22.8 Å². The Balaban J connectivity index is 0.00000108. The summed E-state index contributed by atoms with van der Waals surface area (Å²) in [6.07, 6.45) is 18.4. The van der Waals surface area contributed by atoms with Crippen LogP contribution in [0.3, 0.4) is 0 Å². The van der Waals surface area contributed by atoms with Crippen molar-refractivity contribution in [3.05, 3.63) is 83.4 Å². The Morgan fingerprint density at radius 2 is 0.960 bits per heavy atom. The van der Waals surface area contributed by atoms with Crippen molar-refractivity contribution < 1.29 is 26.7 Å². The smallest absolute Gasteiger partial charge is 0.873 e. The van der Waals surface area contributed by atoms with Crippen LogP contribution >= 0.6 is 0 Å². The average Bonchev–Trinajstić information content (AvgIpc) is 3.11. The fraction of sp³-hybridized carbons (Fsp3) is 0.467. The fourth-order valence-corrected chi connectivity index (χ4v) is 4.97. The third-order valence-electron chi connectivity index (χ3n) is 8.01. The summed E-state index contributed by atoms with van der Waals surface area (Å²) < 4.78 is 0. The monoisotopic (exact) mass is 716 g/mol. The summed E-state index contributed by atoms with van der Waals surface area (Å²) in [6.45, 7) is 10.7. The van der Waals surface area contributed by atoms with Crippen LogP contribution in [-0.4, -0.2) is 11.4 Å². The van der Waals surface area contributed by atoms with Crippen LogP contribution in [0.5, 0.6) is 11.5 Å². The molecule has 0 aromatic heterocycles. The maximum Gasteiger partial charge on any atom is 2.00 e. The van der Waals surface area contributed by atoms with Gasteiger partial charge in [0, 0.05) is 24.0 Å². The number of hydrogen-bond acceptors (Lipinski definition) is 4. The number of hydrogen-bond donors (Lipinski definition) is 0. The molecule has 0 radical (unpaired) electrons. The van der Waals surface area contributed by atoms with E-state index in [1.165, 1.54) is 57.1 Å². The van der Waals surface area contributed by atoms with Crippen LogP contribution in [-0.2, 0) is 16.5 Å².